The van der Waals surface area contributed by atoms with Crippen LogP contribution in [0.1, 0.15) is 22.3 Å². The monoisotopic (exact) mass is 454 g/mol. The van der Waals surface area contributed by atoms with Crippen LogP contribution in [0.4, 0.5) is 17.6 Å². The molecule has 1 aromatic carbocycles. The van der Waals surface area contributed by atoms with Crippen molar-refractivity contribution < 1.29 is 35.5 Å². The van der Waals surface area contributed by atoms with E-state index in [2.05, 4.69) is 10.3 Å². The van der Waals surface area contributed by atoms with Crippen LogP contribution in [-0.4, -0.2) is 38.7 Å². The first kappa shape index (κ1) is 22.9. The smallest absolute Gasteiger partial charge is 0.417 e. The van der Waals surface area contributed by atoms with E-state index >= 15 is 0 Å². The maximum Gasteiger partial charge on any atom is 0.417 e. The number of rotatable bonds is 7. The van der Waals surface area contributed by atoms with Crippen molar-refractivity contribution in [3.05, 3.63) is 52.4 Å². The van der Waals surface area contributed by atoms with E-state index in [0.717, 1.165) is 24.5 Å². The van der Waals surface area contributed by atoms with Crippen LogP contribution in [0, 0.1) is 5.82 Å². The molecule has 0 aliphatic rings. The third-order valence-electron chi connectivity index (χ3n) is 3.59. The zero-order valence-corrected chi connectivity index (χ0v) is 16.5. The predicted molar refractivity (Wildman–Crippen MR) is 96.2 cm³/mol. The number of sulfone groups is 1. The van der Waals surface area contributed by atoms with Gasteiger partial charge in [0.2, 0.25) is 5.88 Å². The normalized spacial score (nSPS) is 11.9. The highest BCUT2D eigenvalue weighted by atomic mass is 35.5. The number of nitrogens with one attached hydrogen (secondary N) is 1. The van der Waals surface area contributed by atoms with Gasteiger partial charge in [-0.3, -0.25) is 4.79 Å². The minimum Gasteiger partial charge on any atom is -0.477 e. The average molecular weight is 455 g/mol. The Kier molecular flexibility index (Phi) is 7.06. The molecule has 2 rings (SSSR count). The summed E-state index contributed by atoms with van der Waals surface area (Å²) in [5, 5.41) is 2.08. The van der Waals surface area contributed by atoms with Gasteiger partial charge >= 0.3 is 6.18 Å². The Labute approximate surface area is 168 Å². The molecule has 2 aromatic rings. The lowest BCUT2D eigenvalue weighted by Crippen LogP contribution is -2.26. The maximum atomic E-state index is 13.8. The number of aromatic nitrogens is 1. The fraction of sp³-hybridized carbons (Fsp3) is 0.294. The van der Waals surface area contributed by atoms with Crippen LogP contribution in [-0.2, 0) is 16.0 Å². The highest BCUT2D eigenvalue weighted by Crippen LogP contribution is 2.33. The summed E-state index contributed by atoms with van der Waals surface area (Å²) in [6.45, 7) is -0.0101. The van der Waals surface area contributed by atoms with Gasteiger partial charge in [-0.15, -0.1) is 0 Å². The third kappa shape index (κ3) is 6.29. The van der Waals surface area contributed by atoms with Crippen molar-refractivity contribution >= 4 is 27.3 Å². The number of nitrogens with zero attached hydrogens (tertiary/aromatic N) is 1. The fourth-order valence-corrected chi connectivity index (χ4v) is 3.00. The molecule has 0 atom stereocenters. The molecule has 1 heterocycles. The van der Waals surface area contributed by atoms with E-state index in [-0.39, 0.29) is 35.4 Å². The van der Waals surface area contributed by atoms with Gasteiger partial charge < -0.3 is 10.1 Å². The van der Waals surface area contributed by atoms with Gasteiger partial charge in [0.15, 0.2) is 9.84 Å². The van der Waals surface area contributed by atoms with Gasteiger partial charge in [-0.05, 0) is 30.7 Å². The van der Waals surface area contributed by atoms with Gasteiger partial charge in [0, 0.05) is 19.0 Å². The summed E-state index contributed by atoms with van der Waals surface area (Å²) >= 11 is 5.70. The van der Waals surface area contributed by atoms with E-state index in [1.54, 1.807) is 0 Å². The van der Waals surface area contributed by atoms with Crippen molar-refractivity contribution in [1.82, 2.24) is 10.3 Å². The molecule has 1 amide bonds. The molecule has 0 aliphatic heterocycles. The average Bonchev–Trinajstić information content (AvgIpc) is 2.60. The number of benzene rings is 1. The van der Waals surface area contributed by atoms with Crippen molar-refractivity contribution in [3.63, 3.8) is 0 Å². The van der Waals surface area contributed by atoms with Gasteiger partial charge in [-0.2, -0.15) is 13.2 Å². The van der Waals surface area contributed by atoms with Crippen LogP contribution < -0.4 is 10.1 Å². The molecule has 29 heavy (non-hydrogen) atoms. The van der Waals surface area contributed by atoms with Crippen molar-refractivity contribution in [1.29, 1.82) is 0 Å². The first-order chi connectivity index (χ1) is 13.4. The number of halogens is 5. The Morgan fingerprint density at radius 1 is 1.28 bits per heavy atom. The van der Waals surface area contributed by atoms with Gasteiger partial charge in [0.05, 0.1) is 22.6 Å². The largest absolute Gasteiger partial charge is 0.477 e. The van der Waals surface area contributed by atoms with E-state index < -0.39 is 38.9 Å². The number of hydrogen-bond acceptors (Lipinski definition) is 5. The zero-order valence-electron chi connectivity index (χ0n) is 14.9. The van der Waals surface area contributed by atoms with Gasteiger partial charge in [-0.25, -0.2) is 17.8 Å². The molecule has 1 N–H and O–H groups in total. The Morgan fingerprint density at radius 3 is 2.55 bits per heavy atom. The highest BCUT2D eigenvalue weighted by Gasteiger charge is 2.31. The topological polar surface area (TPSA) is 85.4 Å². The molecule has 0 bridgehead atoms. The Bertz CT molecular complexity index is 1010. The molecule has 0 radical (unpaired) electrons. The first-order valence-electron chi connectivity index (χ1n) is 8.03. The molecule has 0 fully saturated rings. The van der Waals surface area contributed by atoms with Crippen LogP contribution in [0.2, 0.25) is 5.02 Å². The lowest BCUT2D eigenvalue weighted by Gasteiger charge is -2.11. The standard InChI is InChI=1S/C17H15ClF4N2O4S/c1-29(26,27)11-3-4-14(19)12(8-11)15(25)23-5-2-6-28-16-13(18)7-10(9-24-16)17(20,21)22/h3-4,7-9H,2,5-6H2,1H3,(H,23,25). The summed E-state index contributed by atoms with van der Waals surface area (Å²) in [5.41, 5.74) is -1.44. The quantitative estimate of drug-likeness (QED) is 0.393. The third-order valence-corrected chi connectivity index (χ3v) is 4.97. The summed E-state index contributed by atoms with van der Waals surface area (Å²) in [4.78, 5) is 15.3. The molecule has 1 aromatic heterocycles. The second kappa shape index (κ2) is 8.95. The zero-order chi connectivity index (χ0) is 21.8. The molecule has 0 unspecified atom stereocenters. The van der Waals surface area contributed by atoms with Crippen LogP contribution in [0.25, 0.3) is 0 Å². The number of carbonyl (C=O) groups excluding carboxylic acids is 1. The Hall–Kier alpha value is -2.40. The van der Waals surface area contributed by atoms with Crippen molar-refractivity contribution in [3.8, 4) is 5.88 Å². The van der Waals surface area contributed by atoms with Crippen LogP contribution in [0.3, 0.4) is 0 Å². The Balaban J connectivity index is 1.88. The van der Waals surface area contributed by atoms with Crippen molar-refractivity contribution in [2.24, 2.45) is 0 Å². The summed E-state index contributed by atoms with van der Waals surface area (Å²) in [6, 6.07) is 3.55. The minimum absolute atomic E-state index is 0.0274. The number of hydrogen-bond donors (Lipinski definition) is 1. The van der Waals surface area contributed by atoms with Gasteiger partial charge in [0.25, 0.3) is 5.91 Å². The molecule has 0 aliphatic carbocycles. The van der Waals surface area contributed by atoms with E-state index in [4.69, 9.17) is 16.3 Å². The molecule has 0 saturated heterocycles. The fourth-order valence-electron chi connectivity index (χ4n) is 2.13. The number of carbonyl (C=O) groups is 1. The van der Waals surface area contributed by atoms with Gasteiger partial charge in [-0.1, -0.05) is 11.6 Å². The summed E-state index contributed by atoms with van der Waals surface area (Å²) in [6.07, 6.45) is -2.86. The lowest BCUT2D eigenvalue weighted by atomic mass is 10.2. The summed E-state index contributed by atoms with van der Waals surface area (Å²) < 4.78 is 79.6. The van der Waals surface area contributed by atoms with Crippen LogP contribution >= 0.6 is 11.6 Å². The molecular formula is C17H15ClF4N2O4S. The van der Waals surface area contributed by atoms with Crippen molar-refractivity contribution in [2.45, 2.75) is 17.5 Å². The first-order valence-corrected chi connectivity index (χ1v) is 10.3. The van der Waals surface area contributed by atoms with Gasteiger partial charge in [0.1, 0.15) is 10.8 Å². The summed E-state index contributed by atoms with van der Waals surface area (Å²) in [7, 11) is -3.61. The molecule has 12 heteroatoms. The van der Waals surface area contributed by atoms with Crippen molar-refractivity contribution in [2.75, 3.05) is 19.4 Å². The number of amides is 1. The van der Waals surface area contributed by atoms with Crippen LogP contribution in [0.5, 0.6) is 5.88 Å². The molecule has 0 spiro atoms. The Morgan fingerprint density at radius 2 is 1.97 bits per heavy atom. The highest BCUT2D eigenvalue weighted by molar-refractivity contribution is 7.90. The predicted octanol–water partition coefficient (Wildman–Crippen LogP) is 3.50. The maximum absolute atomic E-state index is 13.8. The number of pyridine rings is 1. The summed E-state index contributed by atoms with van der Waals surface area (Å²) in [5.74, 6) is -1.90. The number of alkyl halides is 3. The molecule has 0 saturated carbocycles. The van der Waals surface area contributed by atoms with E-state index in [0.29, 0.717) is 12.3 Å². The molecular weight excluding hydrogens is 440 g/mol. The van der Waals surface area contributed by atoms with Crippen LogP contribution in [0.15, 0.2) is 35.4 Å². The molecule has 158 valence electrons. The second-order valence-corrected chi connectivity index (χ2v) is 8.30. The second-order valence-electron chi connectivity index (χ2n) is 5.88. The lowest BCUT2D eigenvalue weighted by molar-refractivity contribution is -0.137. The molecule has 6 nitrogen and oxygen atoms in total. The van der Waals surface area contributed by atoms with E-state index in [9.17, 15) is 30.8 Å². The minimum atomic E-state index is -4.58. The van der Waals surface area contributed by atoms with E-state index in [1.165, 1.54) is 0 Å². The SMILES string of the molecule is CS(=O)(=O)c1ccc(F)c(C(=O)NCCCOc2ncc(C(F)(F)F)cc2Cl)c1. The number of ether oxygens (including phenoxy) is 1. The van der Waals surface area contributed by atoms with E-state index in [1.807, 2.05) is 0 Å².